The second kappa shape index (κ2) is 7.35. The highest BCUT2D eigenvalue weighted by molar-refractivity contribution is 5.98. The highest BCUT2D eigenvalue weighted by atomic mass is 16.2. The van der Waals surface area contributed by atoms with E-state index in [1.807, 2.05) is 42.5 Å². The summed E-state index contributed by atoms with van der Waals surface area (Å²) in [6.07, 6.45) is 3.90. The maximum absolute atomic E-state index is 12.2. The van der Waals surface area contributed by atoms with E-state index in [0.29, 0.717) is 12.1 Å². The van der Waals surface area contributed by atoms with Crippen molar-refractivity contribution in [3.8, 4) is 0 Å². The van der Waals surface area contributed by atoms with Crippen LogP contribution in [0.5, 0.6) is 0 Å². The molecule has 1 heterocycles. The van der Waals surface area contributed by atoms with Crippen molar-refractivity contribution < 1.29 is 14.4 Å². The minimum absolute atomic E-state index is 0.0112. The van der Waals surface area contributed by atoms with Crippen molar-refractivity contribution in [2.24, 2.45) is 0 Å². The molecule has 2 amide bonds. The molecule has 5 nitrogen and oxygen atoms in total. The van der Waals surface area contributed by atoms with Crippen LogP contribution in [0.3, 0.4) is 0 Å². The minimum atomic E-state index is -0.290. The number of nitrogens with zero attached hydrogens (tertiary/aromatic N) is 1. The Kier molecular flexibility index (Phi) is 4.98. The Morgan fingerprint density at radius 1 is 1.00 bits per heavy atom. The minimum Gasteiger partial charge on any atom is -0.345 e. The van der Waals surface area contributed by atoms with Crippen molar-refractivity contribution >= 4 is 35.4 Å². The number of anilines is 1. The zero-order valence-electron chi connectivity index (χ0n) is 14.8. The monoisotopic (exact) mass is 348 g/mol. The first-order valence-corrected chi connectivity index (χ1v) is 8.41. The highest BCUT2D eigenvalue weighted by Gasteiger charge is 2.19. The molecule has 1 aliphatic rings. The van der Waals surface area contributed by atoms with Crippen molar-refractivity contribution in [1.29, 1.82) is 0 Å². The number of carbonyl (C=O) groups is 3. The molecule has 0 atom stereocenters. The number of nitrogens with one attached hydrogen (secondary N) is 1. The standard InChI is InChI=1S/C21H20N2O3/c1-14(24)12-22-21(26)18-9-10-19-13-23(15(2)25)20-6-4-3-5-16(20)7-8-17(19)11-18/h3-11H,12-13H2,1-2H3,(H,22,26). The number of benzene rings is 2. The molecular formula is C21H20N2O3. The van der Waals surface area contributed by atoms with Crippen molar-refractivity contribution in [1.82, 2.24) is 5.32 Å². The summed E-state index contributed by atoms with van der Waals surface area (Å²) in [4.78, 5) is 37.2. The molecule has 0 fully saturated rings. The average molecular weight is 348 g/mol. The maximum atomic E-state index is 12.2. The highest BCUT2D eigenvalue weighted by Crippen LogP contribution is 2.29. The van der Waals surface area contributed by atoms with Crippen molar-refractivity contribution in [3.05, 3.63) is 64.7 Å². The summed E-state index contributed by atoms with van der Waals surface area (Å²) in [6.45, 7) is 3.42. The number of amides is 2. The lowest BCUT2D eigenvalue weighted by Gasteiger charge is -2.26. The van der Waals surface area contributed by atoms with Crippen LogP contribution in [0.2, 0.25) is 0 Å². The summed E-state index contributed by atoms with van der Waals surface area (Å²) in [6, 6.07) is 13.1. The summed E-state index contributed by atoms with van der Waals surface area (Å²) in [5.41, 5.74) is 4.12. The molecule has 0 saturated carbocycles. The van der Waals surface area contributed by atoms with E-state index < -0.39 is 0 Å². The van der Waals surface area contributed by atoms with Gasteiger partial charge in [0, 0.05) is 12.5 Å². The van der Waals surface area contributed by atoms with Gasteiger partial charge in [-0.3, -0.25) is 14.4 Å². The fourth-order valence-corrected chi connectivity index (χ4v) is 2.93. The molecule has 0 unspecified atom stereocenters. The van der Waals surface area contributed by atoms with Gasteiger partial charge in [0.15, 0.2) is 0 Å². The topological polar surface area (TPSA) is 66.5 Å². The van der Waals surface area contributed by atoms with Crippen molar-refractivity contribution in [2.75, 3.05) is 11.4 Å². The third kappa shape index (κ3) is 3.72. The first-order valence-electron chi connectivity index (χ1n) is 8.41. The third-order valence-corrected chi connectivity index (χ3v) is 4.28. The van der Waals surface area contributed by atoms with Gasteiger partial charge in [0.2, 0.25) is 5.91 Å². The molecule has 0 bridgehead atoms. The van der Waals surface area contributed by atoms with Crippen LogP contribution < -0.4 is 10.2 Å². The number of rotatable bonds is 3. The maximum Gasteiger partial charge on any atom is 0.251 e. The van der Waals surface area contributed by atoms with E-state index in [-0.39, 0.29) is 24.1 Å². The molecule has 0 aliphatic carbocycles. The molecule has 1 N–H and O–H groups in total. The van der Waals surface area contributed by atoms with E-state index in [0.717, 1.165) is 22.4 Å². The Morgan fingerprint density at radius 3 is 2.46 bits per heavy atom. The predicted octanol–water partition coefficient (Wildman–Crippen LogP) is 3.04. The SMILES string of the molecule is CC(=O)CNC(=O)c1ccc2c(c1)C=Cc1ccccc1N(C(C)=O)C2. The molecule has 3 rings (SSSR count). The lowest BCUT2D eigenvalue weighted by molar-refractivity contribution is -0.117. The van der Waals surface area contributed by atoms with E-state index >= 15 is 0 Å². The second-order valence-electron chi connectivity index (χ2n) is 6.30. The summed E-state index contributed by atoms with van der Waals surface area (Å²) in [5, 5.41) is 2.60. The lowest BCUT2D eigenvalue weighted by atomic mass is 9.98. The smallest absolute Gasteiger partial charge is 0.251 e. The van der Waals surface area contributed by atoms with Crippen molar-refractivity contribution in [2.45, 2.75) is 20.4 Å². The van der Waals surface area contributed by atoms with Crippen LogP contribution in [0.1, 0.15) is 40.9 Å². The van der Waals surface area contributed by atoms with E-state index in [4.69, 9.17) is 0 Å². The van der Waals surface area contributed by atoms with Gasteiger partial charge in [-0.2, -0.15) is 0 Å². The third-order valence-electron chi connectivity index (χ3n) is 4.28. The van der Waals surface area contributed by atoms with Gasteiger partial charge >= 0.3 is 0 Å². The Hall–Kier alpha value is -3.21. The van der Waals surface area contributed by atoms with Gasteiger partial charge in [0.05, 0.1) is 18.8 Å². The van der Waals surface area contributed by atoms with Crippen LogP contribution >= 0.6 is 0 Å². The Bertz CT molecular complexity index is 915. The van der Waals surface area contributed by atoms with Crippen LogP contribution in [0.15, 0.2) is 42.5 Å². The lowest BCUT2D eigenvalue weighted by Crippen LogP contribution is -2.30. The molecule has 0 saturated heterocycles. The zero-order valence-corrected chi connectivity index (χ0v) is 14.8. The van der Waals surface area contributed by atoms with Crippen LogP contribution in [0, 0.1) is 0 Å². The molecule has 26 heavy (non-hydrogen) atoms. The number of Topliss-reactive ketones (excluding diaryl/α,β-unsaturated/α-hetero) is 1. The van der Waals surface area contributed by atoms with Crippen LogP contribution in [-0.2, 0) is 16.1 Å². The van der Waals surface area contributed by atoms with Crippen LogP contribution in [0.4, 0.5) is 5.69 Å². The van der Waals surface area contributed by atoms with Crippen LogP contribution in [-0.4, -0.2) is 24.1 Å². The summed E-state index contributed by atoms with van der Waals surface area (Å²) in [5.74, 6) is -0.428. The molecule has 2 aromatic carbocycles. The fourth-order valence-electron chi connectivity index (χ4n) is 2.93. The van der Waals surface area contributed by atoms with Gasteiger partial charge in [-0.05, 0) is 41.8 Å². The number of hydrogen-bond acceptors (Lipinski definition) is 3. The average Bonchev–Trinajstić information content (AvgIpc) is 2.61. The molecule has 1 aliphatic heterocycles. The normalized spacial score (nSPS) is 12.5. The number of carbonyl (C=O) groups excluding carboxylic acids is 3. The number of para-hydroxylation sites is 1. The Labute approximate surface area is 152 Å². The van der Waals surface area contributed by atoms with Crippen molar-refractivity contribution in [3.63, 3.8) is 0 Å². The van der Waals surface area contributed by atoms with E-state index in [2.05, 4.69) is 5.32 Å². The summed E-state index contributed by atoms with van der Waals surface area (Å²) < 4.78 is 0. The van der Waals surface area contributed by atoms with Crippen LogP contribution in [0.25, 0.3) is 12.2 Å². The molecule has 5 heteroatoms. The fraction of sp³-hybridized carbons (Fsp3) is 0.190. The molecular weight excluding hydrogens is 328 g/mol. The largest absolute Gasteiger partial charge is 0.345 e. The van der Waals surface area contributed by atoms with Gasteiger partial charge in [0.25, 0.3) is 5.91 Å². The summed E-state index contributed by atoms with van der Waals surface area (Å²) >= 11 is 0. The molecule has 0 radical (unpaired) electrons. The van der Waals surface area contributed by atoms with Gasteiger partial charge < -0.3 is 10.2 Å². The van der Waals surface area contributed by atoms with E-state index in [9.17, 15) is 14.4 Å². The number of hydrogen-bond donors (Lipinski definition) is 1. The number of ketones is 1. The first-order chi connectivity index (χ1) is 12.5. The molecule has 0 aromatic heterocycles. The molecule has 0 spiro atoms. The van der Waals surface area contributed by atoms with Gasteiger partial charge in [-0.1, -0.05) is 36.4 Å². The zero-order chi connectivity index (χ0) is 18.7. The summed E-state index contributed by atoms with van der Waals surface area (Å²) in [7, 11) is 0. The van der Waals surface area contributed by atoms with Gasteiger partial charge in [-0.25, -0.2) is 0 Å². The second-order valence-corrected chi connectivity index (χ2v) is 6.30. The van der Waals surface area contributed by atoms with Gasteiger partial charge in [0.1, 0.15) is 5.78 Å². The Balaban J connectivity index is 1.99. The number of fused-ring (bicyclic) bond motifs is 2. The Morgan fingerprint density at radius 2 is 1.73 bits per heavy atom. The van der Waals surface area contributed by atoms with Gasteiger partial charge in [-0.15, -0.1) is 0 Å². The molecule has 2 aromatic rings. The first kappa shape index (κ1) is 17.6. The van der Waals surface area contributed by atoms with E-state index in [1.165, 1.54) is 6.92 Å². The molecule has 132 valence electrons. The quantitative estimate of drug-likeness (QED) is 0.927. The van der Waals surface area contributed by atoms with E-state index in [1.54, 1.807) is 24.0 Å². The predicted molar refractivity (Wildman–Crippen MR) is 102 cm³/mol.